The van der Waals surface area contributed by atoms with Crippen molar-refractivity contribution in [1.82, 2.24) is 4.90 Å². The summed E-state index contributed by atoms with van der Waals surface area (Å²) in [5.41, 5.74) is 0.381. The van der Waals surface area contributed by atoms with Crippen molar-refractivity contribution in [2.75, 3.05) is 6.73 Å². The molecule has 0 saturated carbocycles. The molecule has 0 fully saturated rings. The van der Waals surface area contributed by atoms with Crippen LogP contribution in [0.3, 0.4) is 0 Å². The second-order valence-electron chi connectivity index (χ2n) is 5.98. The molecule has 86 valence electrons. The normalized spacial score (nSPS) is 18.7. The van der Waals surface area contributed by atoms with E-state index in [0.717, 1.165) is 5.57 Å². The fourth-order valence-electron chi connectivity index (χ4n) is 1.45. The fourth-order valence-corrected chi connectivity index (χ4v) is 1.45. The molecule has 0 atom stereocenters. The van der Waals surface area contributed by atoms with E-state index in [9.17, 15) is 4.79 Å². The van der Waals surface area contributed by atoms with E-state index >= 15 is 0 Å². The van der Waals surface area contributed by atoms with Gasteiger partial charge in [0.05, 0.1) is 11.8 Å². The van der Waals surface area contributed by atoms with Crippen LogP contribution in [0.2, 0.25) is 0 Å². The van der Waals surface area contributed by atoms with Crippen LogP contribution < -0.4 is 0 Å². The monoisotopic (exact) mass is 211 g/mol. The molecule has 1 rings (SSSR count). The van der Waals surface area contributed by atoms with Gasteiger partial charge in [-0.15, -0.1) is 0 Å². The van der Waals surface area contributed by atoms with Crippen molar-refractivity contribution >= 4 is 5.91 Å². The molecule has 0 unspecified atom stereocenters. The zero-order chi connectivity index (χ0) is 11.9. The second-order valence-corrected chi connectivity index (χ2v) is 5.98. The first-order valence-electron chi connectivity index (χ1n) is 5.28. The van der Waals surface area contributed by atoms with Crippen LogP contribution in [0.4, 0.5) is 0 Å². The number of amides is 1. The van der Waals surface area contributed by atoms with Gasteiger partial charge in [0.15, 0.2) is 6.73 Å². The van der Waals surface area contributed by atoms with Crippen molar-refractivity contribution < 1.29 is 9.53 Å². The van der Waals surface area contributed by atoms with Gasteiger partial charge in [0.25, 0.3) is 5.91 Å². The minimum atomic E-state index is -0.193. The predicted molar refractivity (Wildman–Crippen MR) is 60.1 cm³/mol. The highest BCUT2D eigenvalue weighted by Gasteiger charge is 2.36. The van der Waals surface area contributed by atoms with Gasteiger partial charge in [-0.1, -0.05) is 20.8 Å². The van der Waals surface area contributed by atoms with E-state index in [1.165, 1.54) is 0 Å². The maximum Gasteiger partial charge on any atom is 0.256 e. The molecule has 0 aromatic rings. The molecule has 3 heteroatoms. The molecule has 0 radical (unpaired) electrons. The Hall–Kier alpha value is -0.990. The molecule has 0 aliphatic carbocycles. The summed E-state index contributed by atoms with van der Waals surface area (Å²) in [6, 6.07) is 0. The standard InChI is InChI=1S/C12H21NO2/c1-11(2,3)9-7-15-8-13(10(9)14)12(4,5)6/h7H,8H2,1-6H3. The van der Waals surface area contributed by atoms with Crippen LogP contribution in [-0.2, 0) is 9.53 Å². The molecule has 0 N–H and O–H groups in total. The maximum atomic E-state index is 12.2. The third-order valence-corrected chi connectivity index (χ3v) is 2.50. The Morgan fingerprint density at radius 1 is 1.20 bits per heavy atom. The fraction of sp³-hybridized carbons (Fsp3) is 0.750. The summed E-state index contributed by atoms with van der Waals surface area (Å²) >= 11 is 0. The minimum absolute atomic E-state index is 0.0845. The van der Waals surface area contributed by atoms with Crippen molar-refractivity contribution in [2.45, 2.75) is 47.1 Å². The number of ether oxygens (including phenoxy) is 1. The van der Waals surface area contributed by atoms with Gasteiger partial charge in [0.2, 0.25) is 0 Å². The summed E-state index contributed by atoms with van der Waals surface area (Å²) in [7, 11) is 0. The van der Waals surface area contributed by atoms with Crippen LogP contribution in [-0.4, -0.2) is 23.1 Å². The van der Waals surface area contributed by atoms with Crippen LogP contribution in [0.1, 0.15) is 41.5 Å². The van der Waals surface area contributed by atoms with Crippen molar-refractivity contribution in [2.24, 2.45) is 5.41 Å². The Labute approximate surface area is 92.1 Å². The van der Waals surface area contributed by atoms with Crippen LogP contribution in [0.15, 0.2) is 11.8 Å². The van der Waals surface area contributed by atoms with Gasteiger partial charge in [0.1, 0.15) is 0 Å². The van der Waals surface area contributed by atoms with Gasteiger partial charge in [-0.05, 0) is 26.2 Å². The van der Waals surface area contributed by atoms with E-state index < -0.39 is 0 Å². The second kappa shape index (κ2) is 3.54. The Kier molecular flexibility index (Phi) is 2.85. The number of nitrogens with zero attached hydrogens (tertiary/aromatic N) is 1. The molecule has 1 aliphatic rings. The lowest BCUT2D eigenvalue weighted by Gasteiger charge is -2.40. The summed E-state index contributed by atoms with van der Waals surface area (Å²) in [5.74, 6) is 0.0845. The predicted octanol–water partition coefficient (Wildman–Crippen LogP) is 2.53. The summed E-state index contributed by atoms with van der Waals surface area (Å²) in [5, 5.41) is 0. The molecule has 15 heavy (non-hydrogen) atoms. The van der Waals surface area contributed by atoms with Crippen LogP contribution >= 0.6 is 0 Å². The summed E-state index contributed by atoms with van der Waals surface area (Å²) < 4.78 is 5.36. The third kappa shape index (κ3) is 2.52. The molecule has 0 saturated heterocycles. The van der Waals surface area contributed by atoms with Crippen LogP contribution in [0.5, 0.6) is 0 Å². The van der Waals surface area contributed by atoms with Gasteiger partial charge in [-0.3, -0.25) is 4.79 Å². The molecular formula is C12H21NO2. The first-order chi connectivity index (χ1) is 6.64. The zero-order valence-corrected chi connectivity index (χ0v) is 10.5. The Balaban J connectivity index is 2.98. The number of hydrogen-bond donors (Lipinski definition) is 0. The highest BCUT2D eigenvalue weighted by molar-refractivity contribution is 5.95. The molecule has 1 aliphatic heterocycles. The van der Waals surface area contributed by atoms with Gasteiger partial charge < -0.3 is 9.64 Å². The van der Waals surface area contributed by atoms with Crippen molar-refractivity contribution in [3.05, 3.63) is 11.8 Å². The molecule has 1 heterocycles. The number of carbonyl (C=O) groups is 1. The Morgan fingerprint density at radius 2 is 1.73 bits per heavy atom. The highest BCUT2D eigenvalue weighted by Crippen LogP contribution is 2.31. The van der Waals surface area contributed by atoms with Crippen molar-refractivity contribution in [1.29, 1.82) is 0 Å². The van der Waals surface area contributed by atoms with Gasteiger partial charge in [0, 0.05) is 5.54 Å². The van der Waals surface area contributed by atoms with E-state index in [1.54, 1.807) is 11.2 Å². The van der Waals surface area contributed by atoms with Crippen molar-refractivity contribution in [3.63, 3.8) is 0 Å². The third-order valence-electron chi connectivity index (χ3n) is 2.50. The number of hydrogen-bond acceptors (Lipinski definition) is 2. The smallest absolute Gasteiger partial charge is 0.256 e. The lowest BCUT2D eigenvalue weighted by atomic mass is 9.85. The summed E-state index contributed by atoms with van der Waals surface area (Å²) in [4.78, 5) is 14.0. The lowest BCUT2D eigenvalue weighted by Crippen LogP contribution is -2.50. The van der Waals surface area contributed by atoms with E-state index in [-0.39, 0.29) is 16.9 Å². The molecule has 1 amide bonds. The van der Waals surface area contributed by atoms with Gasteiger partial charge in [-0.2, -0.15) is 0 Å². The van der Waals surface area contributed by atoms with E-state index in [2.05, 4.69) is 0 Å². The maximum absolute atomic E-state index is 12.2. The molecular weight excluding hydrogens is 190 g/mol. The largest absolute Gasteiger partial charge is 0.480 e. The number of rotatable bonds is 0. The van der Waals surface area contributed by atoms with Crippen LogP contribution in [0, 0.1) is 5.41 Å². The molecule has 0 aromatic carbocycles. The summed E-state index contributed by atoms with van der Waals surface area (Å²) in [6.45, 7) is 12.5. The zero-order valence-electron chi connectivity index (χ0n) is 10.5. The van der Waals surface area contributed by atoms with E-state index in [0.29, 0.717) is 6.73 Å². The Bertz CT molecular complexity index is 292. The topological polar surface area (TPSA) is 29.5 Å². The van der Waals surface area contributed by atoms with E-state index in [4.69, 9.17) is 4.74 Å². The molecule has 3 nitrogen and oxygen atoms in total. The van der Waals surface area contributed by atoms with Gasteiger partial charge >= 0.3 is 0 Å². The van der Waals surface area contributed by atoms with Gasteiger partial charge in [-0.25, -0.2) is 0 Å². The SMILES string of the molecule is CC(C)(C)C1=COCN(C(C)(C)C)C1=O. The quantitative estimate of drug-likeness (QED) is 0.616. The highest BCUT2D eigenvalue weighted by atomic mass is 16.5. The van der Waals surface area contributed by atoms with Crippen molar-refractivity contribution in [3.8, 4) is 0 Å². The molecule has 0 bridgehead atoms. The lowest BCUT2D eigenvalue weighted by molar-refractivity contribution is -0.141. The summed E-state index contributed by atoms with van der Waals surface area (Å²) in [6.07, 6.45) is 1.60. The Morgan fingerprint density at radius 3 is 2.13 bits per heavy atom. The van der Waals surface area contributed by atoms with Crippen LogP contribution in [0.25, 0.3) is 0 Å². The average molecular weight is 211 g/mol. The first kappa shape index (κ1) is 12.1. The average Bonchev–Trinajstić information content (AvgIpc) is 1.99. The first-order valence-corrected chi connectivity index (χ1v) is 5.28. The molecule has 0 aromatic heterocycles. The minimum Gasteiger partial charge on any atom is -0.480 e. The number of carbonyl (C=O) groups excluding carboxylic acids is 1. The molecule has 0 spiro atoms. The van der Waals surface area contributed by atoms with E-state index in [1.807, 2.05) is 41.5 Å².